The van der Waals surface area contributed by atoms with E-state index >= 15 is 0 Å². The molecular weight excluding hydrogens is 174 g/mol. The lowest BCUT2D eigenvalue weighted by Gasteiger charge is -2.04. The fourth-order valence-corrected chi connectivity index (χ4v) is 1.48. The van der Waals surface area contributed by atoms with Crippen LogP contribution >= 0.6 is 0 Å². The second-order valence-corrected chi connectivity index (χ2v) is 3.15. The molecule has 0 aliphatic rings. The summed E-state index contributed by atoms with van der Waals surface area (Å²) in [5, 5.41) is 4.22. The lowest BCUT2D eigenvalue weighted by atomic mass is 10.1. The molecule has 0 atom stereocenters. The molecule has 2 aromatic rings. The predicted octanol–water partition coefficient (Wildman–Crippen LogP) is 2.15. The van der Waals surface area contributed by atoms with Crippen LogP contribution in [0.2, 0.25) is 0 Å². The molecule has 0 spiro atoms. The molecule has 0 aliphatic heterocycles. The fraction of sp³-hybridized carbons (Fsp3) is 0.182. The highest BCUT2D eigenvalue weighted by Gasteiger charge is 2.02. The van der Waals surface area contributed by atoms with Crippen molar-refractivity contribution in [1.82, 2.24) is 9.78 Å². The molecule has 1 heterocycles. The Bertz CT molecular complexity index is 414. The van der Waals surface area contributed by atoms with Crippen LogP contribution in [0.3, 0.4) is 0 Å². The highest BCUT2D eigenvalue weighted by molar-refractivity contribution is 5.61. The van der Waals surface area contributed by atoms with E-state index in [1.54, 1.807) is 0 Å². The molecule has 0 radical (unpaired) electrons. The lowest BCUT2D eigenvalue weighted by molar-refractivity contribution is 0.667. The standard InChI is InChI=1S/C11H13N3/c1-2-14-11(7-8-13-14)9-3-5-10(12)6-4-9/h3-8H,2,12H2,1H3. The van der Waals surface area contributed by atoms with Crippen LogP contribution in [0.5, 0.6) is 0 Å². The van der Waals surface area contributed by atoms with E-state index in [-0.39, 0.29) is 0 Å². The van der Waals surface area contributed by atoms with Gasteiger partial charge in [0.15, 0.2) is 0 Å². The largest absolute Gasteiger partial charge is 0.399 e. The molecule has 0 aliphatic carbocycles. The number of hydrogen-bond acceptors (Lipinski definition) is 2. The lowest BCUT2D eigenvalue weighted by Crippen LogP contribution is -1.98. The summed E-state index contributed by atoms with van der Waals surface area (Å²) in [6.07, 6.45) is 1.81. The monoisotopic (exact) mass is 187 g/mol. The average Bonchev–Trinajstić information content (AvgIpc) is 2.67. The van der Waals surface area contributed by atoms with Crippen molar-refractivity contribution in [2.75, 3.05) is 5.73 Å². The topological polar surface area (TPSA) is 43.8 Å². The van der Waals surface area contributed by atoms with E-state index in [1.165, 1.54) is 0 Å². The van der Waals surface area contributed by atoms with Gasteiger partial charge in [0.2, 0.25) is 0 Å². The average molecular weight is 187 g/mol. The van der Waals surface area contributed by atoms with Crippen molar-refractivity contribution in [3.05, 3.63) is 36.5 Å². The Morgan fingerprint density at radius 1 is 1.21 bits per heavy atom. The van der Waals surface area contributed by atoms with Crippen LogP contribution in [0.1, 0.15) is 6.92 Å². The van der Waals surface area contributed by atoms with E-state index in [0.29, 0.717) is 0 Å². The summed E-state index contributed by atoms with van der Waals surface area (Å²) in [6, 6.07) is 9.84. The summed E-state index contributed by atoms with van der Waals surface area (Å²) in [5.41, 5.74) is 8.70. The molecule has 0 bridgehead atoms. The number of aromatic nitrogens is 2. The van der Waals surface area contributed by atoms with Crippen LogP contribution in [0.25, 0.3) is 11.3 Å². The molecule has 72 valence electrons. The number of anilines is 1. The normalized spacial score (nSPS) is 10.4. The molecule has 0 amide bonds. The van der Waals surface area contributed by atoms with Gasteiger partial charge in [-0.05, 0) is 30.7 Å². The van der Waals surface area contributed by atoms with Gasteiger partial charge in [-0.3, -0.25) is 4.68 Å². The Hall–Kier alpha value is -1.77. The first-order valence-corrected chi connectivity index (χ1v) is 4.69. The molecular formula is C11H13N3. The highest BCUT2D eigenvalue weighted by atomic mass is 15.3. The van der Waals surface area contributed by atoms with Gasteiger partial charge in [0.05, 0.1) is 5.69 Å². The summed E-state index contributed by atoms with van der Waals surface area (Å²) in [4.78, 5) is 0. The fourth-order valence-electron chi connectivity index (χ4n) is 1.48. The van der Waals surface area contributed by atoms with Crippen LogP contribution in [0, 0.1) is 0 Å². The van der Waals surface area contributed by atoms with Crippen molar-refractivity contribution in [2.24, 2.45) is 0 Å². The van der Waals surface area contributed by atoms with Gasteiger partial charge < -0.3 is 5.73 Å². The second kappa shape index (κ2) is 3.54. The van der Waals surface area contributed by atoms with Gasteiger partial charge in [0.1, 0.15) is 0 Å². The van der Waals surface area contributed by atoms with E-state index in [1.807, 2.05) is 41.2 Å². The third-order valence-electron chi connectivity index (χ3n) is 2.22. The third-order valence-corrected chi connectivity index (χ3v) is 2.22. The minimum Gasteiger partial charge on any atom is -0.399 e. The van der Waals surface area contributed by atoms with Crippen LogP contribution in [0.15, 0.2) is 36.5 Å². The Kier molecular flexibility index (Phi) is 2.23. The summed E-state index contributed by atoms with van der Waals surface area (Å²) >= 11 is 0. The smallest absolute Gasteiger partial charge is 0.0682 e. The first kappa shape index (κ1) is 8.81. The van der Waals surface area contributed by atoms with Crippen molar-refractivity contribution in [2.45, 2.75) is 13.5 Å². The summed E-state index contributed by atoms with van der Waals surface area (Å²) < 4.78 is 1.96. The minimum absolute atomic E-state index is 0.788. The molecule has 1 aromatic heterocycles. The molecule has 0 fully saturated rings. The zero-order valence-electron chi connectivity index (χ0n) is 8.14. The second-order valence-electron chi connectivity index (χ2n) is 3.15. The van der Waals surface area contributed by atoms with Gasteiger partial charge in [0, 0.05) is 18.4 Å². The first-order chi connectivity index (χ1) is 6.81. The van der Waals surface area contributed by atoms with Crippen molar-refractivity contribution in [1.29, 1.82) is 0 Å². The van der Waals surface area contributed by atoms with Gasteiger partial charge >= 0.3 is 0 Å². The quantitative estimate of drug-likeness (QED) is 0.732. The zero-order chi connectivity index (χ0) is 9.97. The third kappa shape index (κ3) is 1.48. The maximum Gasteiger partial charge on any atom is 0.0682 e. The number of aryl methyl sites for hydroxylation is 1. The Labute approximate surface area is 83.2 Å². The van der Waals surface area contributed by atoms with Gasteiger partial charge in [-0.1, -0.05) is 12.1 Å². The molecule has 1 aromatic carbocycles. The maximum absolute atomic E-state index is 5.63. The van der Waals surface area contributed by atoms with Crippen molar-refractivity contribution in [3.8, 4) is 11.3 Å². The zero-order valence-corrected chi connectivity index (χ0v) is 8.14. The van der Waals surface area contributed by atoms with Crippen LogP contribution in [0.4, 0.5) is 5.69 Å². The Morgan fingerprint density at radius 2 is 1.93 bits per heavy atom. The van der Waals surface area contributed by atoms with Gasteiger partial charge in [-0.25, -0.2) is 0 Å². The first-order valence-electron chi connectivity index (χ1n) is 4.69. The summed E-state index contributed by atoms with van der Waals surface area (Å²) in [6.45, 7) is 2.96. The van der Waals surface area contributed by atoms with E-state index in [2.05, 4.69) is 12.0 Å². The number of rotatable bonds is 2. The number of nitrogens with zero attached hydrogens (tertiary/aromatic N) is 2. The van der Waals surface area contributed by atoms with Crippen molar-refractivity contribution >= 4 is 5.69 Å². The van der Waals surface area contributed by atoms with Crippen molar-refractivity contribution in [3.63, 3.8) is 0 Å². The molecule has 3 heteroatoms. The van der Waals surface area contributed by atoms with Gasteiger partial charge in [-0.15, -0.1) is 0 Å². The molecule has 0 saturated carbocycles. The van der Waals surface area contributed by atoms with E-state index < -0.39 is 0 Å². The molecule has 0 unspecified atom stereocenters. The van der Waals surface area contributed by atoms with Gasteiger partial charge in [0.25, 0.3) is 0 Å². The molecule has 2 rings (SSSR count). The number of nitrogen functional groups attached to an aromatic ring is 1. The minimum atomic E-state index is 0.788. The highest BCUT2D eigenvalue weighted by Crippen LogP contribution is 2.19. The number of nitrogens with two attached hydrogens (primary N) is 1. The van der Waals surface area contributed by atoms with Crippen LogP contribution < -0.4 is 5.73 Å². The molecule has 0 saturated heterocycles. The van der Waals surface area contributed by atoms with Gasteiger partial charge in [-0.2, -0.15) is 5.10 Å². The number of hydrogen-bond donors (Lipinski definition) is 1. The van der Waals surface area contributed by atoms with Crippen LogP contribution in [-0.4, -0.2) is 9.78 Å². The summed E-state index contributed by atoms with van der Waals surface area (Å²) in [7, 11) is 0. The Balaban J connectivity index is 2.44. The molecule has 2 N–H and O–H groups in total. The number of benzene rings is 1. The van der Waals surface area contributed by atoms with E-state index in [0.717, 1.165) is 23.5 Å². The van der Waals surface area contributed by atoms with Crippen LogP contribution in [-0.2, 0) is 6.54 Å². The SMILES string of the molecule is CCn1nccc1-c1ccc(N)cc1. The maximum atomic E-state index is 5.63. The molecule has 3 nitrogen and oxygen atoms in total. The Morgan fingerprint density at radius 3 is 2.57 bits per heavy atom. The van der Waals surface area contributed by atoms with E-state index in [9.17, 15) is 0 Å². The predicted molar refractivity (Wildman–Crippen MR) is 57.7 cm³/mol. The van der Waals surface area contributed by atoms with Crippen molar-refractivity contribution < 1.29 is 0 Å². The summed E-state index contributed by atoms with van der Waals surface area (Å²) in [5.74, 6) is 0. The van der Waals surface area contributed by atoms with E-state index in [4.69, 9.17) is 5.73 Å². The molecule has 14 heavy (non-hydrogen) atoms.